The average Bonchev–Trinajstić information content (AvgIpc) is 2.98. The Bertz CT molecular complexity index is 835. The maximum absolute atomic E-state index is 9.57. The van der Waals surface area contributed by atoms with E-state index >= 15 is 0 Å². The van der Waals surface area contributed by atoms with E-state index in [-0.39, 0.29) is 0 Å². The molecule has 1 aliphatic rings. The van der Waals surface area contributed by atoms with Crippen molar-refractivity contribution in [1.29, 1.82) is 0 Å². The van der Waals surface area contributed by atoms with Gasteiger partial charge in [0, 0.05) is 66.6 Å². The lowest BCUT2D eigenvalue weighted by molar-refractivity contribution is 0.250. The molecule has 24 heavy (non-hydrogen) atoms. The van der Waals surface area contributed by atoms with Crippen molar-refractivity contribution >= 4 is 28.2 Å². The van der Waals surface area contributed by atoms with Crippen LogP contribution in [0.1, 0.15) is 5.56 Å². The zero-order valence-electron chi connectivity index (χ0n) is 13.4. The molecular formula is C19H20ClN3O. The van der Waals surface area contributed by atoms with Gasteiger partial charge in [-0.25, -0.2) is 0 Å². The molecule has 3 aromatic rings. The topological polar surface area (TPSA) is 42.5 Å². The summed E-state index contributed by atoms with van der Waals surface area (Å²) in [7, 11) is 0. The minimum Gasteiger partial charge on any atom is -0.508 e. The second-order valence-electron chi connectivity index (χ2n) is 6.28. The van der Waals surface area contributed by atoms with Gasteiger partial charge in [-0.15, -0.1) is 0 Å². The number of benzene rings is 2. The van der Waals surface area contributed by atoms with Gasteiger partial charge in [-0.3, -0.25) is 4.90 Å². The smallest absolute Gasteiger partial charge is 0.117 e. The number of phenolic OH excluding ortho intramolecular Hbond substituents is 1. The first-order valence-corrected chi connectivity index (χ1v) is 8.59. The number of phenols is 1. The van der Waals surface area contributed by atoms with Gasteiger partial charge in [0.25, 0.3) is 0 Å². The lowest BCUT2D eigenvalue weighted by Gasteiger charge is -2.36. The fourth-order valence-electron chi connectivity index (χ4n) is 3.36. The molecule has 2 N–H and O–H groups in total. The van der Waals surface area contributed by atoms with E-state index < -0.39 is 0 Å². The van der Waals surface area contributed by atoms with E-state index in [0.29, 0.717) is 5.75 Å². The number of rotatable bonds is 3. The maximum Gasteiger partial charge on any atom is 0.117 e. The van der Waals surface area contributed by atoms with Crippen molar-refractivity contribution in [2.75, 3.05) is 31.1 Å². The molecule has 2 heterocycles. The Kier molecular flexibility index (Phi) is 4.08. The molecule has 0 aliphatic carbocycles. The summed E-state index contributed by atoms with van der Waals surface area (Å²) in [6.45, 7) is 5.04. The van der Waals surface area contributed by atoms with Crippen LogP contribution >= 0.6 is 11.6 Å². The van der Waals surface area contributed by atoms with Crippen LogP contribution in [0.4, 0.5) is 5.69 Å². The number of fused-ring (bicyclic) bond motifs is 1. The molecule has 2 aromatic carbocycles. The molecule has 0 atom stereocenters. The summed E-state index contributed by atoms with van der Waals surface area (Å²) in [5.41, 5.74) is 3.51. The van der Waals surface area contributed by atoms with E-state index in [1.807, 2.05) is 18.2 Å². The van der Waals surface area contributed by atoms with Crippen molar-refractivity contribution in [3.8, 4) is 5.75 Å². The summed E-state index contributed by atoms with van der Waals surface area (Å²) in [5, 5.41) is 11.5. The summed E-state index contributed by atoms with van der Waals surface area (Å²) in [5.74, 6) is 0.299. The van der Waals surface area contributed by atoms with E-state index in [2.05, 4.69) is 33.1 Å². The zero-order chi connectivity index (χ0) is 16.5. The fourth-order valence-corrected chi connectivity index (χ4v) is 3.49. The highest BCUT2D eigenvalue weighted by atomic mass is 35.5. The third kappa shape index (κ3) is 3.07. The number of hydrogen-bond acceptors (Lipinski definition) is 3. The van der Waals surface area contributed by atoms with Gasteiger partial charge in [0.1, 0.15) is 5.75 Å². The highest BCUT2D eigenvalue weighted by molar-refractivity contribution is 6.30. The average molecular weight is 342 g/mol. The third-order valence-electron chi connectivity index (χ3n) is 4.71. The summed E-state index contributed by atoms with van der Waals surface area (Å²) < 4.78 is 0. The van der Waals surface area contributed by atoms with Crippen LogP contribution < -0.4 is 4.90 Å². The second-order valence-corrected chi connectivity index (χ2v) is 6.72. The van der Waals surface area contributed by atoms with Crippen LogP contribution in [0.2, 0.25) is 5.02 Å². The van der Waals surface area contributed by atoms with Crippen LogP contribution in [0, 0.1) is 0 Å². The normalized spacial score (nSPS) is 16.0. The number of nitrogens with one attached hydrogen (secondary N) is 1. The third-order valence-corrected chi connectivity index (χ3v) is 4.96. The molecule has 5 heteroatoms. The molecule has 1 aliphatic heterocycles. The minimum atomic E-state index is 0.299. The molecule has 0 radical (unpaired) electrons. The Morgan fingerprint density at radius 2 is 1.75 bits per heavy atom. The predicted octanol–water partition coefficient (Wildman–Crippen LogP) is 3.85. The SMILES string of the molecule is Oc1ccc2c(CN3CCN(c4ccc(Cl)cc4)CC3)c[nH]c2c1. The fraction of sp³-hybridized carbons (Fsp3) is 0.263. The minimum absolute atomic E-state index is 0.299. The van der Waals surface area contributed by atoms with Crippen LogP contribution in [0.5, 0.6) is 5.75 Å². The van der Waals surface area contributed by atoms with Crippen LogP contribution in [-0.2, 0) is 6.54 Å². The van der Waals surface area contributed by atoms with Gasteiger partial charge in [-0.1, -0.05) is 11.6 Å². The first-order valence-electron chi connectivity index (χ1n) is 8.21. The van der Waals surface area contributed by atoms with E-state index in [9.17, 15) is 5.11 Å². The van der Waals surface area contributed by atoms with E-state index in [0.717, 1.165) is 43.3 Å². The lowest BCUT2D eigenvalue weighted by Crippen LogP contribution is -2.45. The van der Waals surface area contributed by atoms with Crippen LogP contribution in [-0.4, -0.2) is 41.2 Å². The Morgan fingerprint density at radius 3 is 2.50 bits per heavy atom. The Labute approximate surface area is 146 Å². The molecule has 0 bridgehead atoms. The number of halogens is 1. The monoisotopic (exact) mass is 341 g/mol. The zero-order valence-corrected chi connectivity index (χ0v) is 14.1. The summed E-state index contributed by atoms with van der Waals surface area (Å²) >= 11 is 5.97. The van der Waals surface area contributed by atoms with Crippen LogP contribution in [0.25, 0.3) is 10.9 Å². The van der Waals surface area contributed by atoms with Crippen molar-refractivity contribution in [2.45, 2.75) is 6.54 Å². The molecular weight excluding hydrogens is 322 g/mol. The van der Waals surface area contributed by atoms with Crippen LogP contribution in [0.15, 0.2) is 48.7 Å². The van der Waals surface area contributed by atoms with Crippen molar-refractivity contribution < 1.29 is 5.11 Å². The number of nitrogens with zero attached hydrogens (tertiary/aromatic N) is 2. The molecule has 0 saturated carbocycles. The standard InChI is InChI=1S/C19H20ClN3O/c20-15-1-3-16(4-2-15)23-9-7-22(8-10-23)13-14-12-21-19-11-17(24)5-6-18(14)19/h1-6,11-12,21,24H,7-10,13H2. The van der Waals surface area contributed by atoms with E-state index in [4.69, 9.17) is 11.6 Å². The van der Waals surface area contributed by atoms with Crippen molar-refractivity contribution in [3.05, 3.63) is 59.2 Å². The molecule has 1 saturated heterocycles. The number of aromatic hydroxyl groups is 1. The van der Waals surface area contributed by atoms with Crippen molar-refractivity contribution in [2.24, 2.45) is 0 Å². The predicted molar refractivity (Wildman–Crippen MR) is 98.9 cm³/mol. The molecule has 0 unspecified atom stereocenters. The van der Waals surface area contributed by atoms with Gasteiger partial charge < -0.3 is 15.0 Å². The van der Waals surface area contributed by atoms with E-state index in [1.54, 1.807) is 12.1 Å². The molecule has 0 amide bonds. The summed E-state index contributed by atoms with van der Waals surface area (Å²) in [6, 6.07) is 13.6. The number of H-pyrrole nitrogens is 1. The highest BCUT2D eigenvalue weighted by Crippen LogP contribution is 2.25. The molecule has 124 valence electrons. The first-order chi connectivity index (χ1) is 11.7. The molecule has 4 nitrogen and oxygen atoms in total. The number of anilines is 1. The van der Waals surface area contributed by atoms with Gasteiger partial charge in [-0.2, -0.15) is 0 Å². The number of piperazine rings is 1. The number of hydrogen-bond donors (Lipinski definition) is 2. The largest absolute Gasteiger partial charge is 0.508 e. The van der Waals surface area contributed by atoms with Gasteiger partial charge in [0.15, 0.2) is 0 Å². The highest BCUT2D eigenvalue weighted by Gasteiger charge is 2.18. The second kappa shape index (κ2) is 6.38. The van der Waals surface area contributed by atoms with Crippen molar-refractivity contribution in [3.63, 3.8) is 0 Å². The summed E-state index contributed by atoms with van der Waals surface area (Å²) in [4.78, 5) is 8.13. The van der Waals surface area contributed by atoms with Crippen LogP contribution in [0.3, 0.4) is 0 Å². The molecule has 1 aromatic heterocycles. The molecule has 1 fully saturated rings. The number of aromatic amines is 1. The lowest BCUT2D eigenvalue weighted by atomic mass is 10.1. The summed E-state index contributed by atoms with van der Waals surface area (Å²) in [6.07, 6.45) is 2.05. The Balaban J connectivity index is 1.41. The van der Waals surface area contributed by atoms with Gasteiger partial charge in [0.05, 0.1) is 0 Å². The quantitative estimate of drug-likeness (QED) is 0.760. The van der Waals surface area contributed by atoms with Crippen molar-refractivity contribution in [1.82, 2.24) is 9.88 Å². The number of aromatic nitrogens is 1. The Hall–Kier alpha value is -2.17. The van der Waals surface area contributed by atoms with Gasteiger partial charge in [-0.05, 0) is 42.0 Å². The first kappa shape index (κ1) is 15.4. The maximum atomic E-state index is 9.57. The van der Waals surface area contributed by atoms with E-state index in [1.165, 1.54) is 16.6 Å². The van der Waals surface area contributed by atoms with Gasteiger partial charge >= 0.3 is 0 Å². The Morgan fingerprint density at radius 1 is 1.00 bits per heavy atom. The molecule has 0 spiro atoms. The molecule has 4 rings (SSSR count). The van der Waals surface area contributed by atoms with Gasteiger partial charge in [0.2, 0.25) is 0 Å².